The van der Waals surface area contributed by atoms with Crippen LogP contribution >= 0.6 is 23.8 Å². The van der Waals surface area contributed by atoms with Crippen LogP contribution in [0.25, 0.3) is 15.9 Å². The van der Waals surface area contributed by atoms with Crippen LogP contribution in [0, 0.1) is 0 Å². The molecule has 0 spiro atoms. The summed E-state index contributed by atoms with van der Waals surface area (Å²) in [7, 11) is 0. The summed E-state index contributed by atoms with van der Waals surface area (Å²) in [5.41, 5.74) is 0.497. The maximum atomic E-state index is 15.1. The van der Waals surface area contributed by atoms with Gasteiger partial charge in [0.15, 0.2) is 5.83 Å². The molecule has 2 aliphatic carbocycles. The first-order valence-corrected chi connectivity index (χ1v) is 9.85. The summed E-state index contributed by atoms with van der Waals surface area (Å²) < 4.78 is 25.2. The van der Waals surface area contributed by atoms with Gasteiger partial charge in [-0.2, -0.15) is 0 Å². The van der Waals surface area contributed by atoms with Crippen molar-refractivity contribution >= 4 is 44.5 Å². The summed E-state index contributed by atoms with van der Waals surface area (Å²) in [6, 6.07) is 0.244. The van der Waals surface area contributed by atoms with E-state index in [1.165, 1.54) is 11.5 Å². The van der Waals surface area contributed by atoms with Crippen LogP contribution in [-0.4, -0.2) is 45.0 Å². The average Bonchev–Trinajstić information content (AvgIpc) is 3.40. The minimum atomic E-state index is -0.514. The number of thiocarbonyl (C=S) groups is 1. The van der Waals surface area contributed by atoms with E-state index in [0.717, 1.165) is 18.5 Å². The maximum Gasteiger partial charge on any atom is 0.271 e. The smallest absolute Gasteiger partial charge is 0.271 e. The molecule has 2 aromatic rings. The van der Waals surface area contributed by atoms with E-state index in [0.29, 0.717) is 36.7 Å². The van der Waals surface area contributed by atoms with Gasteiger partial charge in [0.1, 0.15) is 10.2 Å². The Morgan fingerprint density at radius 1 is 1.23 bits per heavy atom. The number of aromatic nitrogens is 2. The molecule has 3 heterocycles. The minimum absolute atomic E-state index is 0.132. The number of aromatic amines is 1. The van der Waals surface area contributed by atoms with Crippen molar-refractivity contribution in [3.63, 3.8) is 0 Å². The number of hydrogen-bond acceptors (Lipinski definition) is 6. The third-order valence-electron chi connectivity index (χ3n) is 5.19. The predicted octanol–water partition coefficient (Wildman–Crippen LogP) is 1.98. The average molecular weight is 393 g/mol. The zero-order chi connectivity index (χ0) is 18.0. The molecule has 26 heavy (non-hydrogen) atoms. The highest BCUT2D eigenvalue weighted by molar-refractivity contribution is 7.80. The molecule has 6 nitrogen and oxygen atoms in total. The Kier molecular flexibility index (Phi) is 3.67. The number of nitrogens with one attached hydrogen (secondary N) is 1. The largest absolute Gasteiger partial charge is 0.378 e. The summed E-state index contributed by atoms with van der Waals surface area (Å²) in [5.74, 6) is -0.514. The number of fused-ring (bicyclic) bond motifs is 2. The van der Waals surface area contributed by atoms with E-state index in [-0.39, 0.29) is 28.4 Å². The molecular formula is C17H16FN3O3S2. The fourth-order valence-corrected chi connectivity index (χ4v) is 5.02. The highest BCUT2D eigenvalue weighted by Crippen LogP contribution is 2.42. The Morgan fingerprint density at radius 3 is 2.65 bits per heavy atom. The number of halogens is 1. The van der Waals surface area contributed by atoms with E-state index in [2.05, 4.69) is 4.37 Å². The lowest BCUT2D eigenvalue weighted by Crippen LogP contribution is -2.40. The van der Waals surface area contributed by atoms with E-state index < -0.39 is 16.8 Å². The molecule has 0 bridgehead atoms. The second-order valence-corrected chi connectivity index (χ2v) is 8.12. The van der Waals surface area contributed by atoms with Gasteiger partial charge in [-0.3, -0.25) is 14.0 Å². The van der Waals surface area contributed by atoms with Gasteiger partial charge < -0.3 is 14.2 Å². The molecule has 0 atom stereocenters. The number of morpholine rings is 1. The second-order valence-electron chi connectivity index (χ2n) is 6.83. The SMILES string of the molecule is O=c1[nH]sc2c1c(=O)c1c(n2C2CC2)CC(=S)C(F)=C1N1CCOCC1. The number of allylic oxidation sites excluding steroid dienone is 1. The van der Waals surface area contributed by atoms with Crippen molar-refractivity contribution in [2.45, 2.75) is 25.3 Å². The van der Waals surface area contributed by atoms with E-state index in [1.54, 1.807) is 0 Å². The van der Waals surface area contributed by atoms with Crippen molar-refractivity contribution in [3.8, 4) is 0 Å². The van der Waals surface area contributed by atoms with Gasteiger partial charge in [0.25, 0.3) is 5.56 Å². The molecule has 2 aromatic heterocycles. The molecular weight excluding hydrogens is 377 g/mol. The molecule has 1 N–H and O–H groups in total. The van der Waals surface area contributed by atoms with Gasteiger partial charge in [-0.25, -0.2) is 4.39 Å². The predicted molar refractivity (Wildman–Crippen MR) is 102 cm³/mol. The minimum Gasteiger partial charge on any atom is -0.378 e. The highest BCUT2D eigenvalue weighted by atomic mass is 32.1. The van der Waals surface area contributed by atoms with E-state index in [1.807, 2.05) is 9.47 Å². The van der Waals surface area contributed by atoms with E-state index in [4.69, 9.17) is 17.0 Å². The van der Waals surface area contributed by atoms with Gasteiger partial charge in [0.2, 0.25) is 5.43 Å². The molecule has 0 radical (unpaired) electrons. The number of ether oxygens (including phenoxy) is 1. The first-order chi connectivity index (χ1) is 12.6. The highest BCUT2D eigenvalue weighted by Gasteiger charge is 2.37. The van der Waals surface area contributed by atoms with Crippen molar-refractivity contribution in [2.24, 2.45) is 0 Å². The van der Waals surface area contributed by atoms with Crippen molar-refractivity contribution in [1.82, 2.24) is 13.8 Å². The van der Waals surface area contributed by atoms with Gasteiger partial charge >= 0.3 is 0 Å². The topological polar surface area (TPSA) is 67.3 Å². The van der Waals surface area contributed by atoms with Crippen LogP contribution in [-0.2, 0) is 11.2 Å². The summed E-state index contributed by atoms with van der Waals surface area (Å²) >= 11 is 6.49. The van der Waals surface area contributed by atoms with E-state index >= 15 is 4.39 Å². The number of pyridine rings is 1. The Morgan fingerprint density at radius 2 is 1.96 bits per heavy atom. The van der Waals surface area contributed by atoms with Gasteiger partial charge in [0, 0.05) is 31.2 Å². The Balaban J connectivity index is 1.87. The molecule has 0 aromatic carbocycles. The number of hydrogen-bond donors (Lipinski definition) is 1. The van der Waals surface area contributed by atoms with Crippen LogP contribution in [0.4, 0.5) is 4.39 Å². The van der Waals surface area contributed by atoms with Crippen molar-refractivity contribution < 1.29 is 9.13 Å². The summed E-state index contributed by atoms with van der Waals surface area (Å²) in [5, 5.41) is 0.132. The molecule has 9 heteroatoms. The summed E-state index contributed by atoms with van der Waals surface area (Å²) in [4.78, 5) is 28.2. The summed E-state index contributed by atoms with van der Waals surface area (Å²) in [6.07, 6.45) is 2.20. The van der Waals surface area contributed by atoms with Crippen LogP contribution in [0.15, 0.2) is 15.4 Å². The third kappa shape index (κ3) is 2.27. The molecule has 0 unspecified atom stereocenters. The lowest BCUT2D eigenvalue weighted by atomic mass is 9.95. The Labute approximate surface area is 157 Å². The molecule has 3 aliphatic rings. The zero-order valence-electron chi connectivity index (χ0n) is 13.8. The fraction of sp³-hybridized carbons (Fsp3) is 0.471. The van der Waals surface area contributed by atoms with Crippen molar-refractivity contribution in [3.05, 3.63) is 37.7 Å². The summed E-state index contributed by atoms with van der Waals surface area (Å²) in [6.45, 7) is 1.92. The Bertz CT molecular complexity index is 1090. The lowest BCUT2D eigenvalue weighted by Gasteiger charge is -2.34. The molecule has 1 saturated carbocycles. The van der Waals surface area contributed by atoms with Gasteiger partial charge in [-0.15, -0.1) is 0 Å². The number of H-pyrrole nitrogens is 1. The fourth-order valence-electron chi connectivity index (χ4n) is 3.85. The van der Waals surface area contributed by atoms with E-state index in [9.17, 15) is 9.59 Å². The second kappa shape index (κ2) is 5.83. The molecule has 2 fully saturated rings. The monoisotopic (exact) mass is 393 g/mol. The number of nitrogens with zero attached hydrogens (tertiary/aromatic N) is 2. The van der Waals surface area contributed by atoms with Gasteiger partial charge in [0.05, 0.1) is 29.3 Å². The first kappa shape index (κ1) is 16.3. The lowest BCUT2D eigenvalue weighted by molar-refractivity contribution is 0.0633. The molecule has 1 aliphatic heterocycles. The van der Waals surface area contributed by atoms with Crippen molar-refractivity contribution in [1.29, 1.82) is 0 Å². The van der Waals surface area contributed by atoms with Crippen LogP contribution < -0.4 is 11.0 Å². The van der Waals surface area contributed by atoms with Gasteiger partial charge in [-0.05, 0) is 24.4 Å². The zero-order valence-corrected chi connectivity index (χ0v) is 15.5. The Hall–Kier alpha value is -1.84. The maximum absolute atomic E-state index is 15.1. The van der Waals surface area contributed by atoms with Crippen LogP contribution in [0.1, 0.15) is 30.1 Å². The standard InChI is InChI=1S/C17H16FN3O3S2/c18-13-10(25)7-9-11(14(13)20-3-5-24-6-4-20)15(22)12-16(23)19-26-17(12)21(9)8-1-2-8/h8H,1-7H2,(H,19,23). The van der Waals surface area contributed by atoms with Crippen LogP contribution in [0.3, 0.4) is 0 Å². The quantitative estimate of drug-likeness (QED) is 0.791. The molecule has 0 amide bonds. The first-order valence-electron chi connectivity index (χ1n) is 8.62. The molecule has 5 rings (SSSR count). The number of rotatable bonds is 2. The normalized spacial score (nSPS) is 20.8. The van der Waals surface area contributed by atoms with Gasteiger partial charge in [-0.1, -0.05) is 12.2 Å². The molecule has 136 valence electrons. The third-order valence-corrected chi connectivity index (χ3v) is 6.40. The van der Waals surface area contributed by atoms with Crippen LogP contribution in [0.5, 0.6) is 0 Å². The van der Waals surface area contributed by atoms with Crippen molar-refractivity contribution in [2.75, 3.05) is 26.3 Å². The van der Waals surface area contributed by atoms with Crippen LogP contribution in [0.2, 0.25) is 0 Å². The molecule has 1 saturated heterocycles.